The molecule has 0 amide bonds. The van der Waals surface area contributed by atoms with Crippen LogP contribution in [0.5, 0.6) is 17.2 Å². The molecule has 132 valence electrons. The molecule has 0 aromatic heterocycles. The molecule has 3 heteroatoms. The summed E-state index contributed by atoms with van der Waals surface area (Å²) in [5.74, 6) is 2.47. The van der Waals surface area contributed by atoms with Crippen molar-refractivity contribution in [1.82, 2.24) is 0 Å². The van der Waals surface area contributed by atoms with Gasteiger partial charge in [-0.05, 0) is 49.6 Å². The van der Waals surface area contributed by atoms with Crippen LogP contribution in [0.15, 0.2) is 48.0 Å². The Hall–Kier alpha value is -2.68. The smallest absolute Gasteiger partial charge is 0.126 e. The van der Waals surface area contributed by atoms with Crippen LogP contribution in [-0.4, -0.2) is 21.3 Å². The van der Waals surface area contributed by atoms with Gasteiger partial charge < -0.3 is 14.2 Å². The largest absolute Gasteiger partial charge is 0.497 e. The molecule has 0 radical (unpaired) electrons. The number of hydrogen-bond acceptors (Lipinski definition) is 3. The lowest BCUT2D eigenvalue weighted by Gasteiger charge is -2.13. The van der Waals surface area contributed by atoms with Crippen molar-refractivity contribution in [2.75, 3.05) is 21.3 Å². The van der Waals surface area contributed by atoms with Gasteiger partial charge in [0.25, 0.3) is 0 Å². The third-order valence-corrected chi connectivity index (χ3v) is 3.96. The van der Waals surface area contributed by atoms with Crippen molar-refractivity contribution in [3.05, 3.63) is 64.7 Å². The van der Waals surface area contributed by atoms with E-state index in [4.69, 9.17) is 14.2 Å². The van der Waals surface area contributed by atoms with Gasteiger partial charge in [0, 0.05) is 11.6 Å². The minimum Gasteiger partial charge on any atom is -0.497 e. The molecule has 0 unspecified atom stereocenters. The van der Waals surface area contributed by atoms with E-state index in [2.05, 4.69) is 32.1 Å². The van der Waals surface area contributed by atoms with Crippen LogP contribution in [0.25, 0.3) is 12.2 Å². The van der Waals surface area contributed by atoms with Crippen molar-refractivity contribution >= 4 is 12.2 Å². The van der Waals surface area contributed by atoms with Crippen LogP contribution in [-0.2, 0) is 6.42 Å². The van der Waals surface area contributed by atoms with E-state index in [9.17, 15) is 0 Å². The van der Waals surface area contributed by atoms with Crippen molar-refractivity contribution in [1.29, 1.82) is 0 Å². The molecule has 0 fully saturated rings. The van der Waals surface area contributed by atoms with Crippen LogP contribution in [0.4, 0.5) is 0 Å². The molecular weight excluding hydrogens is 312 g/mol. The van der Waals surface area contributed by atoms with Crippen LogP contribution in [0, 0.1) is 0 Å². The SMILES string of the molecule is COc1ccc(C=Cc2cc(OC)cc(OC)c2CC=C(C)C)cc1. The summed E-state index contributed by atoms with van der Waals surface area (Å²) in [5.41, 5.74) is 4.62. The molecular formula is C22H26O3. The Bertz CT molecular complexity index is 752. The van der Waals surface area contributed by atoms with Crippen molar-refractivity contribution in [2.24, 2.45) is 0 Å². The second kappa shape index (κ2) is 8.97. The highest BCUT2D eigenvalue weighted by atomic mass is 16.5. The van der Waals surface area contributed by atoms with Gasteiger partial charge in [-0.3, -0.25) is 0 Å². The summed E-state index contributed by atoms with van der Waals surface area (Å²) < 4.78 is 16.2. The Morgan fingerprint density at radius 3 is 2.08 bits per heavy atom. The average molecular weight is 338 g/mol. The van der Waals surface area contributed by atoms with E-state index >= 15 is 0 Å². The molecule has 0 aliphatic rings. The molecule has 0 heterocycles. The van der Waals surface area contributed by atoms with E-state index in [0.717, 1.165) is 40.4 Å². The highest BCUT2D eigenvalue weighted by Crippen LogP contribution is 2.31. The van der Waals surface area contributed by atoms with Gasteiger partial charge in [-0.25, -0.2) is 0 Å². The molecule has 0 bridgehead atoms. The predicted molar refractivity (Wildman–Crippen MR) is 105 cm³/mol. The zero-order valence-electron chi connectivity index (χ0n) is 15.6. The molecule has 25 heavy (non-hydrogen) atoms. The minimum atomic E-state index is 0.784. The quantitative estimate of drug-likeness (QED) is 0.500. The maximum absolute atomic E-state index is 5.58. The number of ether oxygens (including phenoxy) is 3. The first-order valence-electron chi connectivity index (χ1n) is 8.27. The summed E-state index contributed by atoms with van der Waals surface area (Å²) in [6.45, 7) is 4.20. The summed E-state index contributed by atoms with van der Waals surface area (Å²) in [7, 11) is 5.03. The van der Waals surface area contributed by atoms with Crippen molar-refractivity contribution in [3.63, 3.8) is 0 Å². The van der Waals surface area contributed by atoms with Gasteiger partial charge in [0.2, 0.25) is 0 Å². The lowest BCUT2D eigenvalue weighted by atomic mass is 10.00. The summed E-state index contributed by atoms with van der Waals surface area (Å²) in [6.07, 6.45) is 7.20. The second-order valence-corrected chi connectivity index (χ2v) is 5.99. The Morgan fingerprint density at radius 1 is 0.840 bits per heavy atom. The number of hydrogen-bond donors (Lipinski definition) is 0. The summed E-state index contributed by atoms with van der Waals surface area (Å²) in [6, 6.07) is 11.9. The standard InChI is InChI=1S/C22H26O3/c1-16(2)6-13-21-18(14-20(24-4)15-22(21)25-5)10-7-17-8-11-19(23-3)12-9-17/h6-12,14-15H,13H2,1-5H3. The van der Waals surface area contributed by atoms with Crippen LogP contribution >= 0.6 is 0 Å². The highest BCUT2D eigenvalue weighted by Gasteiger charge is 2.10. The molecule has 0 spiro atoms. The fraction of sp³-hybridized carbons (Fsp3) is 0.273. The highest BCUT2D eigenvalue weighted by molar-refractivity contribution is 5.73. The van der Waals surface area contributed by atoms with Crippen LogP contribution in [0.2, 0.25) is 0 Å². The van der Waals surface area contributed by atoms with Gasteiger partial charge in [-0.15, -0.1) is 0 Å². The van der Waals surface area contributed by atoms with E-state index in [0.29, 0.717) is 0 Å². The lowest BCUT2D eigenvalue weighted by Crippen LogP contribution is -1.97. The van der Waals surface area contributed by atoms with Gasteiger partial charge >= 0.3 is 0 Å². The monoisotopic (exact) mass is 338 g/mol. The summed E-state index contributed by atoms with van der Waals surface area (Å²) in [5, 5.41) is 0. The molecule has 0 saturated carbocycles. The van der Waals surface area contributed by atoms with Gasteiger partial charge in [-0.2, -0.15) is 0 Å². The van der Waals surface area contributed by atoms with Gasteiger partial charge in [0.1, 0.15) is 17.2 Å². The lowest BCUT2D eigenvalue weighted by molar-refractivity contribution is 0.391. The fourth-order valence-electron chi connectivity index (χ4n) is 2.51. The fourth-order valence-corrected chi connectivity index (χ4v) is 2.51. The zero-order chi connectivity index (χ0) is 18.2. The number of rotatable bonds is 7. The van der Waals surface area contributed by atoms with Crippen LogP contribution in [0.1, 0.15) is 30.5 Å². The van der Waals surface area contributed by atoms with Gasteiger partial charge in [0.05, 0.1) is 21.3 Å². The van der Waals surface area contributed by atoms with E-state index in [-0.39, 0.29) is 0 Å². The Labute approximate surface area is 150 Å². The Kier molecular flexibility index (Phi) is 6.70. The number of methoxy groups -OCH3 is 3. The summed E-state index contributed by atoms with van der Waals surface area (Å²) in [4.78, 5) is 0. The first kappa shape index (κ1) is 18.7. The number of benzene rings is 2. The first-order chi connectivity index (χ1) is 12.1. The molecule has 0 N–H and O–H groups in total. The van der Waals surface area contributed by atoms with Gasteiger partial charge in [0.15, 0.2) is 0 Å². The molecule has 2 rings (SSSR count). The molecule has 0 saturated heterocycles. The predicted octanol–water partition coefficient (Wildman–Crippen LogP) is 5.39. The van der Waals surface area contributed by atoms with E-state index in [1.54, 1.807) is 21.3 Å². The number of allylic oxidation sites excluding steroid dienone is 2. The maximum atomic E-state index is 5.58. The van der Waals surface area contributed by atoms with Crippen molar-refractivity contribution < 1.29 is 14.2 Å². The van der Waals surface area contributed by atoms with Crippen LogP contribution < -0.4 is 14.2 Å². The van der Waals surface area contributed by atoms with Gasteiger partial charge in [-0.1, -0.05) is 35.9 Å². The van der Waals surface area contributed by atoms with E-state index in [1.807, 2.05) is 36.4 Å². The third-order valence-electron chi connectivity index (χ3n) is 3.96. The second-order valence-electron chi connectivity index (χ2n) is 5.99. The normalized spacial score (nSPS) is 10.6. The average Bonchev–Trinajstić information content (AvgIpc) is 2.64. The topological polar surface area (TPSA) is 27.7 Å². The Morgan fingerprint density at radius 2 is 1.52 bits per heavy atom. The molecule has 2 aromatic carbocycles. The minimum absolute atomic E-state index is 0.784. The molecule has 0 atom stereocenters. The zero-order valence-corrected chi connectivity index (χ0v) is 15.6. The van der Waals surface area contributed by atoms with E-state index < -0.39 is 0 Å². The molecule has 3 nitrogen and oxygen atoms in total. The third kappa shape index (κ3) is 5.15. The summed E-state index contributed by atoms with van der Waals surface area (Å²) >= 11 is 0. The van der Waals surface area contributed by atoms with E-state index in [1.165, 1.54) is 5.57 Å². The van der Waals surface area contributed by atoms with Crippen molar-refractivity contribution in [2.45, 2.75) is 20.3 Å². The maximum Gasteiger partial charge on any atom is 0.126 e. The Balaban J connectivity index is 2.41. The van der Waals surface area contributed by atoms with Crippen LogP contribution in [0.3, 0.4) is 0 Å². The van der Waals surface area contributed by atoms with Crippen molar-refractivity contribution in [3.8, 4) is 17.2 Å². The molecule has 2 aromatic rings. The molecule has 0 aliphatic heterocycles. The first-order valence-corrected chi connectivity index (χ1v) is 8.27. The molecule has 0 aliphatic carbocycles.